The molecule has 0 aromatic heterocycles. The Balaban J connectivity index is 1.99. The summed E-state index contributed by atoms with van der Waals surface area (Å²) in [5.74, 6) is -0.146. The molecule has 0 spiro atoms. The molecule has 1 saturated heterocycles. The summed E-state index contributed by atoms with van der Waals surface area (Å²) >= 11 is 0. The van der Waals surface area contributed by atoms with E-state index in [4.69, 9.17) is 10.5 Å². The van der Waals surface area contributed by atoms with E-state index in [1.54, 1.807) is 0 Å². The van der Waals surface area contributed by atoms with Crippen LogP contribution in [0.1, 0.15) is 19.4 Å². The zero-order valence-corrected chi connectivity index (χ0v) is 14.2. The summed E-state index contributed by atoms with van der Waals surface area (Å²) in [4.78, 5) is 14.7. The summed E-state index contributed by atoms with van der Waals surface area (Å²) < 4.78 is 5.40. The van der Waals surface area contributed by atoms with E-state index in [2.05, 4.69) is 22.3 Å². The number of carbonyl (C=O) groups is 1. The quantitative estimate of drug-likeness (QED) is 0.788. The van der Waals surface area contributed by atoms with Gasteiger partial charge in [-0.3, -0.25) is 9.69 Å². The molecule has 3 N–H and O–H groups in total. The lowest BCUT2D eigenvalue weighted by Gasteiger charge is -2.31. The van der Waals surface area contributed by atoms with Gasteiger partial charge in [0.1, 0.15) is 0 Å². The third kappa shape index (κ3) is 5.94. The van der Waals surface area contributed by atoms with Gasteiger partial charge in [0.15, 0.2) is 0 Å². The second-order valence-electron chi connectivity index (χ2n) is 6.46. The smallest absolute Gasteiger partial charge is 0.224 e. The molecule has 0 aliphatic carbocycles. The number of rotatable bonds is 7. The Labute approximate surface area is 139 Å². The van der Waals surface area contributed by atoms with Crippen LogP contribution in [0.2, 0.25) is 0 Å². The predicted octanol–water partition coefficient (Wildman–Crippen LogP) is 1.03. The fraction of sp³-hybridized carbons (Fsp3) is 0.611. The zero-order chi connectivity index (χ0) is 16.7. The van der Waals surface area contributed by atoms with E-state index in [-0.39, 0.29) is 23.9 Å². The maximum Gasteiger partial charge on any atom is 0.224 e. The second kappa shape index (κ2) is 9.01. The molecule has 5 nitrogen and oxygen atoms in total. The van der Waals surface area contributed by atoms with Gasteiger partial charge in [-0.15, -0.1) is 0 Å². The molecule has 1 fully saturated rings. The summed E-state index contributed by atoms with van der Waals surface area (Å²) in [6, 6.07) is 10.2. The average Bonchev–Trinajstić information content (AvgIpc) is 2.55. The number of amides is 1. The highest BCUT2D eigenvalue weighted by atomic mass is 16.5. The molecule has 3 atom stereocenters. The van der Waals surface area contributed by atoms with Gasteiger partial charge in [-0.05, 0) is 18.9 Å². The average molecular weight is 319 g/mol. The molecule has 2 rings (SSSR count). The highest BCUT2D eigenvalue weighted by Crippen LogP contribution is 2.08. The van der Waals surface area contributed by atoms with Gasteiger partial charge < -0.3 is 15.8 Å². The second-order valence-corrected chi connectivity index (χ2v) is 6.46. The predicted molar refractivity (Wildman–Crippen MR) is 92.1 cm³/mol. The van der Waals surface area contributed by atoms with Crippen molar-refractivity contribution in [1.82, 2.24) is 10.2 Å². The Morgan fingerprint density at radius 3 is 2.52 bits per heavy atom. The number of ether oxygens (including phenoxy) is 1. The van der Waals surface area contributed by atoms with Crippen molar-refractivity contribution < 1.29 is 9.53 Å². The van der Waals surface area contributed by atoms with Gasteiger partial charge >= 0.3 is 0 Å². The SMILES string of the molecule is CC(N)C(C)C(=O)NC(Cc1ccccc1)CN1CCOCC1. The third-order valence-corrected chi connectivity index (χ3v) is 4.46. The first kappa shape index (κ1) is 17.9. The van der Waals surface area contributed by atoms with Crippen LogP contribution in [0.5, 0.6) is 0 Å². The first-order valence-electron chi connectivity index (χ1n) is 8.46. The fourth-order valence-corrected chi connectivity index (χ4v) is 2.73. The van der Waals surface area contributed by atoms with Crippen LogP contribution in [0, 0.1) is 5.92 Å². The molecule has 1 aliphatic heterocycles. The lowest BCUT2D eigenvalue weighted by molar-refractivity contribution is -0.125. The minimum Gasteiger partial charge on any atom is -0.379 e. The normalized spacial score (nSPS) is 19.8. The van der Waals surface area contributed by atoms with Crippen LogP contribution in [-0.2, 0) is 16.0 Å². The summed E-state index contributed by atoms with van der Waals surface area (Å²) in [6.45, 7) is 7.97. The van der Waals surface area contributed by atoms with Crippen molar-refractivity contribution in [1.29, 1.82) is 0 Å². The molecule has 1 heterocycles. The van der Waals surface area contributed by atoms with Crippen LogP contribution in [-0.4, -0.2) is 55.7 Å². The van der Waals surface area contributed by atoms with Crippen LogP contribution in [0.4, 0.5) is 0 Å². The van der Waals surface area contributed by atoms with E-state index in [0.717, 1.165) is 39.3 Å². The van der Waals surface area contributed by atoms with Crippen molar-refractivity contribution in [2.75, 3.05) is 32.8 Å². The van der Waals surface area contributed by atoms with Gasteiger partial charge in [0, 0.05) is 37.6 Å². The van der Waals surface area contributed by atoms with E-state index >= 15 is 0 Å². The van der Waals surface area contributed by atoms with Crippen LogP contribution < -0.4 is 11.1 Å². The molecular formula is C18H29N3O2. The number of morpholine rings is 1. The molecule has 0 saturated carbocycles. The largest absolute Gasteiger partial charge is 0.379 e. The Hall–Kier alpha value is -1.43. The van der Waals surface area contributed by atoms with Gasteiger partial charge in [-0.25, -0.2) is 0 Å². The van der Waals surface area contributed by atoms with E-state index < -0.39 is 0 Å². The summed E-state index contributed by atoms with van der Waals surface area (Å²) in [6.07, 6.45) is 0.829. The molecule has 3 unspecified atom stereocenters. The van der Waals surface area contributed by atoms with Gasteiger partial charge in [0.05, 0.1) is 13.2 Å². The molecule has 1 aromatic rings. The molecule has 0 radical (unpaired) electrons. The number of hydrogen-bond donors (Lipinski definition) is 2. The minimum atomic E-state index is -0.182. The molecule has 1 amide bonds. The topological polar surface area (TPSA) is 67.6 Å². The van der Waals surface area contributed by atoms with Gasteiger partial charge in [0.2, 0.25) is 5.91 Å². The lowest BCUT2D eigenvalue weighted by Crippen LogP contribution is -2.50. The highest BCUT2D eigenvalue weighted by Gasteiger charge is 2.23. The van der Waals surface area contributed by atoms with E-state index in [0.29, 0.717) is 0 Å². The van der Waals surface area contributed by atoms with Crippen molar-refractivity contribution in [3.63, 3.8) is 0 Å². The van der Waals surface area contributed by atoms with Crippen molar-refractivity contribution in [3.05, 3.63) is 35.9 Å². The fourth-order valence-electron chi connectivity index (χ4n) is 2.73. The molecule has 5 heteroatoms. The number of nitrogens with one attached hydrogen (secondary N) is 1. The zero-order valence-electron chi connectivity index (χ0n) is 14.2. The standard InChI is InChI=1S/C18H29N3O2/c1-14(15(2)19)18(22)20-17(12-16-6-4-3-5-7-16)13-21-8-10-23-11-9-21/h3-7,14-15,17H,8-13,19H2,1-2H3,(H,20,22). The van der Waals surface area contributed by atoms with E-state index in [1.165, 1.54) is 5.56 Å². The monoisotopic (exact) mass is 319 g/mol. The number of hydrogen-bond acceptors (Lipinski definition) is 4. The van der Waals surface area contributed by atoms with E-state index in [1.807, 2.05) is 32.0 Å². The van der Waals surface area contributed by atoms with Crippen molar-refractivity contribution >= 4 is 5.91 Å². The number of nitrogens with zero attached hydrogens (tertiary/aromatic N) is 1. The van der Waals surface area contributed by atoms with Crippen molar-refractivity contribution in [2.24, 2.45) is 11.7 Å². The Morgan fingerprint density at radius 2 is 1.91 bits per heavy atom. The number of nitrogens with two attached hydrogens (primary N) is 1. The van der Waals surface area contributed by atoms with Crippen molar-refractivity contribution in [3.8, 4) is 0 Å². The third-order valence-electron chi connectivity index (χ3n) is 4.46. The summed E-state index contributed by atoms with van der Waals surface area (Å²) in [5.41, 5.74) is 7.10. The summed E-state index contributed by atoms with van der Waals surface area (Å²) in [5, 5.41) is 3.19. The highest BCUT2D eigenvalue weighted by molar-refractivity contribution is 5.79. The lowest BCUT2D eigenvalue weighted by atomic mass is 10.0. The molecule has 23 heavy (non-hydrogen) atoms. The van der Waals surface area contributed by atoms with Crippen LogP contribution in [0.25, 0.3) is 0 Å². The van der Waals surface area contributed by atoms with Crippen LogP contribution in [0.3, 0.4) is 0 Å². The molecule has 0 bridgehead atoms. The first-order chi connectivity index (χ1) is 11.1. The maximum absolute atomic E-state index is 12.4. The van der Waals surface area contributed by atoms with Crippen LogP contribution in [0.15, 0.2) is 30.3 Å². The van der Waals surface area contributed by atoms with Gasteiger partial charge in [-0.2, -0.15) is 0 Å². The molecule has 128 valence electrons. The van der Waals surface area contributed by atoms with Gasteiger partial charge in [0.25, 0.3) is 0 Å². The van der Waals surface area contributed by atoms with E-state index in [9.17, 15) is 4.79 Å². The molecular weight excluding hydrogens is 290 g/mol. The number of benzene rings is 1. The Kier molecular flexibility index (Phi) is 7.02. The molecule has 1 aliphatic rings. The number of carbonyl (C=O) groups excluding carboxylic acids is 1. The maximum atomic E-state index is 12.4. The Morgan fingerprint density at radius 1 is 1.26 bits per heavy atom. The van der Waals surface area contributed by atoms with Crippen LogP contribution >= 0.6 is 0 Å². The summed E-state index contributed by atoms with van der Waals surface area (Å²) in [7, 11) is 0. The van der Waals surface area contributed by atoms with Gasteiger partial charge in [-0.1, -0.05) is 37.3 Å². The van der Waals surface area contributed by atoms with Crippen molar-refractivity contribution in [2.45, 2.75) is 32.4 Å². The minimum absolute atomic E-state index is 0.0363. The first-order valence-corrected chi connectivity index (χ1v) is 8.46. The Bertz CT molecular complexity index is 472. The molecule has 1 aromatic carbocycles.